The van der Waals surface area contributed by atoms with E-state index in [9.17, 15) is 0 Å². The highest BCUT2D eigenvalue weighted by Gasteiger charge is 2.36. The molecule has 0 heterocycles. The van der Waals surface area contributed by atoms with Gasteiger partial charge in [0.1, 0.15) is 0 Å². The van der Waals surface area contributed by atoms with Gasteiger partial charge in [-0.1, -0.05) is 24.3 Å². The fraction of sp³-hybridized carbons (Fsp3) is 0.538. The Bertz CT molecular complexity index is 330. The molecule has 0 amide bonds. The molecule has 0 spiro atoms. The minimum atomic E-state index is -2.45. The van der Waals surface area contributed by atoms with Gasteiger partial charge in [-0.2, -0.15) is 0 Å². The Morgan fingerprint density at radius 2 is 1.33 bits per heavy atom. The molecule has 1 rings (SSSR count). The fourth-order valence-electron chi connectivity index (χ4n) is 1.89. The summed E-state index contributed by atoms with van der Waals surface area (Å²) in [6, 6.07) is 9.29. The molecular formula is C13H23NO3Si. The van der Waals surface area contributed by atoms with E-state index in [1.165, 1.54) is 11.1 Å². The van der Waals surface area contributed by atoms with Crippen LogP contribution in [0.5, 0.6) is 0 Å². The van der Waals surface area contributed by atoms with Crippen molar-refractivity contribution in [3.05, 3.63) is 35.4 Å². The van der Waals surface area contributed by atoms with Crippen molar-refractivity contribution >= 4 is 8.80 Å². The van der Waals surface area contributed by atoms with Gasteiger partial charge in [0.25, 0.3) is 0 Å². The van der Waals surface area contributed by atoms with Crippen molar-refractivity contribution in [2.45, 2.75) is 18.9 Å². The van der Waals surface area contributed by atoms with Gasteiger partial charge in [0.05, 0.1) is 0 Å². The largest absolute Gasteiger partial charge is 0.500 e. The van der Waals surface area contributed by atoms with Crippen LogP contribution < -0.4 is 5.73 Å². The lowest BCUT2D eigenvalue weighted by Gasteiger charge is -2.24. The van der Waals surface area contributed by atoms with Crippen LogP contribution in [0.15, 0.2) is 24.3 Å². The van der Waals surface area contributed by atoms with Crippen LogP contribution in [-0.2, 0) is 26.1 Å². The van der Waals surface area contributed by atoms with Crippen molar-refractivity contribution in [3.63, 3.8) is 0 Å². The van der Waals surface area contributed by atoms with Gasteiger partial charge in [0, 0.05) is 27.4 Å². The van der Waals surface area contributed by atoms with Gasteiger partial charge >= 0.3 is 8.80 Å². The van der Waals surface area contributed by atoms with Crippen molar-refractivity contribution in [1.29, 1.82) is 0 Å². The van der Waals surface area contributed by atoms with Crippen LogP contribution in [0.1, 0.15) is 11.1 Å². The Balaban J connectivity index is 2.57. The molecular weight excluding hydrogens is 246 g/mol. The fourth-order valence-corrected chi connectivity index (χ4v) is 3.60. The second kappa shape index (κ2) is 7.65. The zero-order chi connectivity index (χ0) is 13.4. The normalized spacial score (nSPS) is 11.8. The smallest absolute Gasteiger partial charge is 0.377 e. The monoisotopic (exact) mass is 269 g/mol. The first-order valence-corrected chi connectivity index (χ1v) is 8.06. The van der Waals surface area contributed by atoms with E-state index in [0.29, 0.717) is 6.54 Å². The summed E-state index contributed by atoms with van der Waals surface area (Å²) in [4.78, 5) is 0. The van der Waals surface area contributed by atoms with Gasteiger partial charge in [-0.3, -0.25) is 0 Å². The molecule has 18 heavy (non-hydrogen) atoms. The highest BCUT2D eigenvalue weighted by molar-refractivity contribution is 6.60. The Labute approximate surface area is 110 Å². The number of rotatable bonds is 8. The average molecular weight is 269 g/mol. The van der Waals surface area contributed by atoms with Crippen molar-refractivity contribution in [2.24, 2.45) is 5.73 Å². The van der Waals surface area contributed by atoms with E-state index < -0.39 is 8.80 Å². The van der Waals surface area contributed by atoms with E-state index in [1.54, 1.807) is 21.3 Å². The third-order valence-corrected chi connectivity index (χ3v) is 5.84. The van der Waals surface area contributed by atoms with Crippen LogP contribution in [0.4, 0.5) is 0 Å². The van der Waals surface area contributed by atoms with Crippen molar-refractivity contribution in [1.82, 2.24) is 0 Å². The predicted molar refractivity (Wildman–Crippen MR) is 74.5 cm³/mol. The van der Waals surface area contributed by atoms with Crippen LogP contribution in [0.25, 0.3) is 0 Å². The molecule has 4 nitrogen and oxygen atoms in total. The first kappa shape index (κ1) is 15.3. The molecule has 0 unspecified atom stereocenters. The van der Waals surface area contributed by atoms with Gasteiger partial charge in [-0.25, -0.2) is 0 Å². The number of benzene rings is 1. The first-order valence-electron chi connectivity index (χ1n) is 6.13. The molecule has 2 N–H and O–H groups in total. The number of hydrogen-bond acceptors (Lipinski definition) is 4. The van der Waals surface area contributed by atoms with Crippen LogP contribution in [0.3, 0.4) is 0 Å². The summed E-state index contributed by atoms with van der Waals surface area (Å²) in [7, 11) is 2.48. The molecule has 0 aromatic heterocycles. The lowest BCUT2D eigenvalue weighted by molar-refractivity contribution is 0.123. The van der Waals surface area contributed by atoms with E-state index in [1.807, 2.05) is 0 Å². The summed E-state index contributed by atoms with van der Waals surface area (Å²) < 4.78 is 16.2. The van der Waals surface area contributed by atoms with Crippen molar-refractivity contribution < 1.29 is 13.3 Å². The lowest BCUT2D eigenvalue weighted by atomic mass is 10.1. The van der Waals surface area contributed by atoms with Gasteiger partial charge in [-0.05, 0) is 30.5 Å². The summed E-state index contributed by atoms with van der Waals surface area (Å²) in [6.07, 6.45) is 1.82. The van der Waals surface area contributed by atoms with E-state index in [-0.39, 0.29) is 0 Å². The highest BCUT2D eigenvalue weighted by Crippen LogP contribution is 2.17. The summed E-state index contributed by atoms with van der Waals surface area (Å²) >= 11 is 0. The maximum Gasteiger partial charge on any atom is 0.500 e. The Morgan fingerprint density at radius 1 is 0.889 bits per heavy atom. The van der Waals surface area contributed by atoms with Crippen molar-refractivity contribution in [3.8, 4) is 0 Å². The molecule has 0 atom stereocenters. The van der Waals surface area contributed by atoms with Gasteiger partial charge in [0.15, 0.2) is 0 Å². The van der Waals surface area contributed by atoms with Gasteiger partial charge in [-0.15, -0.1) is 0 Å². The second-order valence-corrected chi connectivity index (χ2v) is 7.24. The molecule has 1 aromatic carbocycles. The first-order chi connectivity index (χ1) is 8.69. The molecule has 5 heteroatoms. The zero-order valence-corrected chi connectivity index (χ0v) is 12.4. The minimum absolute atomic E-state index is 0.687. The third-order valence-electron chi connectivity index (χ3n) is 3.11. The molecule has 0 fully saturated rings. The summed E-state index contributed by atoms with van der Waals surface area (Å²) in [5.74, 6) is 0. The standard InChI is InChI=1S/C13H23NO3Si/c1-15-18(16-2,17-3)11-9-13-6-4-12(5-7-13)8-10-14/h4-7H,8-11,14H2,1-3H3. The van der Waals surface area contributed by atoms with E-state index in [4.69, 9.17) is 19.0 Å². The van der Waals surface area contributed by atoms with E-state index in [2.05, 4.69) is 24.3 Å². The minimum Gasteiger partial charge on any atom is -0.377 e. The van der Waals surface area contributed by atoms with Gasteiger partial charge in [0.2, 0.25) is 0 Å². The highest BCUT2D eigenvalue weighted by atomic mass is 28.4. The maximum atomic E-state index is 5.52. The molecule has 0 aliphatic heterocycles. The quantitative estimate of drug-likeness (QED) is 0.729. The second-order valence-electron chi connectivity index (χ2n) is 4.15. The zero-order valence-electron chi connectivity index (χ0n) is 11.4. The predicted octanol–water partition coefficient (Wildman–Crippen LogP) is 1.61. The van der Waals surface area contributed by atoms with E-state index in [0.717, 1.165) is 18.9 Å². The SMILES string of the molecule is CO[Si](CCc1ccc(CCN)cc1)(OC)OC. The topological polar surface area (TPSA) is 53.7 Å². The number of hydrogen-bond donors (Lipinski definition) is 1. The van der Waals surface area contributed by atoms with Crippen LogP contribution >= 0.6 is 0 Å². The van der Waals surface area contributed by atoms with E-state index >= 15 is 0 Å². The van der Waals surface area contributed by atoms with Gasteiger partial charge < -0.3 is 19.0 Å². The molecule has 0 saturated carbocycles. The van der Waals surface area contributed by atoms with Crippen LogP contribution in [-0.4, -0.2) is 36.7 Å². The lowest BCUT2D eigenvalue weighted by Crippen LogP contribution is -2.43. The summed E-state index contributed by atoms with van der Waals surface area (Å²) in [5.41, 5.74) is 8.06. The third kappa shape index (κ3) is 4.19. The Morgan fingerprint density at radius 3 is 1.72 bits per heavy atom. The Kier molecular flexibility index (Phi) is 6.52. The average Bonchev–Trinajstić information content (AvgIpc) is 2.43. The molecule has 102 valence electrons. The number of aryl methyl sites for hydroxylation is 1. The maximum absolute atomic E-state index is 5.52. The Hall–Kier alpha value is -0.723. The molecule has 0 saturated heterocycles. The number of nitrogens with two attached hydrogens (primary N) is 1. The summed E-state index contributed by atoms with van der Waals surface area (Å²) in [5, 5.41) is 0. The molecule has 1 aromatic rings. The van der Waals surface area contributed by atoms with Crippen molar-refractivity contribution in [2.75, 3.05) is 27.9 Å². The molecule has 0 radical (unpaired) electrons. The van der Waals surface area contributed by atoms with Crippen LogP contribution in [0.2, 0.25) is 6.04 Å². The molecule has 0 aliphatic carbocycles. The molecule has 0 aliphatic rings. The van der Waals surface area contributed by atoms with Crippen LogP contribution in [0, 0.1) is 0 Å². The molecule has 0 bridgehead atoms. The summed E-state index contributed by atoms with van der Waals surface area (Å²) in [6.45, 7) is 0.687.